The Morgan fingerprint density at radius 1 is 0.810 bits per heavy atom. The molecule has 2 aromatic carbocycles. The van der Waals surface area contributed by atoms with Crippen molar-refractivity contribution in [3.05, 3.63) is 54.6 Å². The van der Waals surface area contributed by atoms with Crippen LogP contribution in [0.1, 0.15) is 41.5 Å². The summed E-state index contributed by atoms with van der Waals surface area (Å²) in [6.45, 7) is 14.1. The van der Waals surface area contributed by atoms with Gasteiger partial charge in [0, 0.05) is 0 Å². The first-order chi connectivity index (χ1) is 8.73. The Labute approximate surface area is 156 Å². The smallest absolute Gasteiger partial charge is 0.214 e. The zero-order valence-electron chi connectivity index (χ0n) is 13.8. The molecule has 0 aliphatic carbocycles. The molecule has 0 N–H and O–H groups in total. The Kier molecular flexibility index (Phi) is 11.4. The molecule has 0 bridgehead atoms. The summed E-state index contributed by atoms with van der Waals surface area (Å²) in [5.41, 5.74) is 0. The minimum Gasteiger partial charge on any atom is -0.214 e. The first-order valence-electron chi connectivity index (χ1n) is 6.91. The maximum absolute atomic E-state index is 2.36. The van der Waals surface area contributed by atoms with Crippen LogP contribution in [0.15, 0.2) is 54.6 Å². The van der Waals surface area contributed by atoms with Crippen molar-refractivity contribution in [1.82, 2.24) is 0 Å². The zero-order chi connectivity index (χ0) is 14.5. The van der Waals surface area contributed by atoms with Gasteiger partial charge in [-0.2, -0.15) is 30.3 Å². The Morgan fingerprint density at radius 3 is 1.52 bits per heavy atom. The van der Waals surface area contributed by atoms with Gasteiger partial charge in [-0.25, -0.2) is 24.3 Å². The molecule has 2 rings (SSSR count). The maximum atomic E-state index is 2.36. The summed E-state index contributed by atoms with van der Waals surface area (Å²) < 4.78 is 0. The van der Waals surface area contributed by atoms with Crippen molar-refractivity contribution in [3.63, 3.8) is 0 Å². The van der Waals surface area contributed by atoms with Gasteiger partial charge >= 0.3 is 37.5 Å². The molecule has 0 unspecified atom stereocenters. The predicted octanol–water partition coefficient (Wildman–Crippen LogP) is 5.51. The SMILES string of the molecule is CC(C)(C)P(c1ccc[cH-]1)C(C)(C)C.[Fe+2].[Pd+2].c1cc[cH-]c1. The van der Waals surface area contributed by atoms with Crippen molar-refractivity contribution in [1.29, 1.82) is 0 Å². The van der Waals surface area contributed by atoms with E-state index in [0.29, 0.717) is 10.3 Å². The second-order valence-corrected chi connectivity index (χ2v) is 10.7. The van der Waals surface area contributed by atoms with E-state index in [1.165, 1.54) is 0 Å². The molecule has 3 heteroatoms. The molecular weight excluding hydrogens is 409 g/mol. The molecule has 0 spiro atoms. The molecule has 0 atom stereocenters. The molecule has 0 radical (unpaired) electrons. The first kappa shape index (κ1) is 23.6. The molecule has 0 aliphatic rings. The number of hydrogen-bond acceptors (Lipinski definition) is 0. The van der Waals surface area contributed by atoms with Gasteiger partial charge in [-0.3, -0.25) is 0 Å². The van der Waals surface area contributed by atoms with Crippen molar-refractivity contribution in [3.8, 4) is 0 Å². The molecule has 0 heterocycles. The molecule has 0 nitrogen and oxygen atoms in total. The van der Waals surface area contributed by atoms with Gasteiger partial charge in [-0.05, 0) is 10.3 Å². The summed E-state index contributed by atoms with van der Waals surface area (Å²) in [5, 5.41) is 2.32. The van der Waals surface area contributed by atoms with Gasteiger partial charge in [0.05, 0.1) is 0 Å². The van der Waals surface area contributed by atoms with Crippen molar-refractivity contribution in [2.45, 2.75) is 51.9 Å². The van der Waals surface area contributed by atoms with Crippen LogP contribution in [0.2, 0.25) is 0 Å². The number of hydrogen-bond donors (Lipinski definition) is 0. The molecule has 21 heavy (non-hydrogen) atoms. The van der Waals surface area contributed by atoms with Gasteiger partial charge in [-0.15, -0.1) is 5.30 Å². The van der Waals surface area contributed by atoms with Crippen LogP contribution in [-0.4, -0.2) is 10.3 Å². The van der Waals surface area contributed by atoms with Crippen molar-refractivity contribution in [2.75, 3.05) is 0 Å². The second-order valence-electron chi connectivity index (χ2n) is 6.78. The Balaban J connectivity index is 0. The van der Waals surface area contributed by atoms with Gasteiger partial charge in [0.1, 0.15) is 0 Å². The average molecular weight is 437 g/mol. The van der Waals surface area contributed by atoms with Crippen LogP contribution in [0.4, 0.5) is 0 Å². The van der Waals surface area contributed by atoms with E-state index in [2.05, 4.69) is 65.8 Å². The Hall–Kier alpha value is 0.312. The Morgan fingerprint density at radius 2 is 1.29 bits per heavy atom. The standard InChI is InChI=1S/C13H22P.C5H5.Fe.Pd/c1-12(2,3)14(13(4,5)6)11-9-7-8-10-11;1-2-4-5-3-1;;/h7-10H,1-6H3;1-5H;;/q2*-1;2*+2. The molecule has 0 saturated carbocycles. The topological polar surface area (TPSA) is 0 Å². The van der Waals surface area contributed by atoms with Crippen molar-refractivity contribution < 1.29 is 37.5 Å². The van der Waals surface area contributed by atoms with E-state index in [4.69, 9.17) is 0 Å². The fourth-order valence-corrected chi connectivity index (χ4v) is 6.65. The second kappa shape index (κ2) is 10.2. The quantitative estimate of drug-likeness (QED) is 0.314. The van der Waals surface area contributed by atoms with Crippen LogP contribution in [0.3, 0.4) is 0 Å². The fourth-order valence-electron chi connectivity index (χ4n) is 2.61. The fraction of sp³-hybridized carbons (Fsp3) is 0.444. The molecule has 0 fully saturated rings. The van der Waals surface area contributed by atoms with Crippen LogP contribution >= 0.6 is 7.92 Å². The van der Waals surface area contributed by atoms with E-state index >= 15 is 0 Å². The zero-order valence-corrected chi connectivity index (χ0v) is 17.4. The van der Waals surface area contributed by atoms with Gasteiger partial charge in [-0.1, -0.05) is 49.5 Å². The first-order valence-corrected chi connectivity index (χ1v) is 8.26. The third kappa shape index (κ3) is 8.50. The van der Waals surface area contributed by atoms with Gasteiger partial charge in [0.25, 0.3) is 0 Å². The summed E-state index contributed by atoms with van der Waals surface area (Å²) in [7, 11) is -0.101. The normalized spacial score (nSPS) is 11.0. The van der Waals surface area contributed by atoms with Crippen molar-refractivity contribution in [2.24, 2.45) is 0 Å². The third-order valence-electron chi connectivity index (χ3n) is 2.80. The maximum Gasteiger partial charge on any atom is 2.00 e. The largest absolute Gasteiger partial charge is 2.00 e. The van der Waals surface area contributed by atoms with E-state index < -0.39 is 0 Å². The minimum absolute atomic E-state index is 0. The molecule has 0 aromatic heterocycles. The monoisotopic (exact) mass is 436 g/mol. The van der Waals surface area contributed by atoms with Crippen molar-refractivity contribution >= 4 is 13.2 Å². The summed E-state index contributed by atoms with van der Waals surface area (Å²) in [6.07, 6.45) is 0. The minimum atomic E-state index is -0.101. The van der Waals surface area contributed by atoms with E-state index in [9.17, 15) is 0 Å². The molecule has 0 aliphatic heterocycles. The molecular formula is C18H27FePPd+2. The van der Waals surface area contributed by atoms with E-state index in [0.717, 1.165) is 0 Å². The van der Waals surface area contributed by atoms with Crippen LogP contribution in [0.5, 0.6) is 0 Å². The van der Waals surface area contributed by atoms with Crippen LogP contribution in [-0.2, 0) is 37.5 Å². The molecule has 120 valence electrons. The van der Waals surface area contributed by atoms with E-state index in [1.807, 2.05) is 30.3 Å². The summed E-state index contributed by atoms with van der Waals surface area (Å²) in [6, 6.07) is 18.9. The van der Waals surface area contributed by atoms with Gasteiger partial charge in [0.15, 0.2) is 0 Å². The van der Waals surface area contributed by atoms with E-state index in [-0.39, 0.29) is 45.4 Å². The van der Waals surface area contributed by atoms with Crippen LogP contribution in [0, 0.1) is 0 Å². The number of rotatable bonds is 1. The molecule has 0 amide bonds. The third-order valence-corrected chi connectivity index (χ3v) is 6.30. The Bertz CT molecular complexity index is 401. The predicted molar refractivity (Wildman–Crippen MR) is 90.1 cm³/mol. The molecule has 0 saturated heterocycles. The van der Waals surface area contributed by atoms with Crippen LogP contribution < -0.4 is 5.30 Å². The average Bonchev–Trinajstić information content (AvgIpc) is 2.86. The van der Waals surface area contributed by atoms with Crippen LogP contribution in [0.25, 0.3) is 0 Å². The summed E-state index contributed by atoms with van der Waals surface area (Å²) in [5.74, 6) is 0. The van der Waals surface area contributed by atoms with E-state index in [1.54, 1.807) is 5.30 Å². The van der Waals surface area contributed by atoms with Gasteiger partial charge < -0.3 is 0 Å². The summed E-state index contributed by atoms with van der Waals surface area (Å²) >= 11 is 0. The summed E-state index contributed by atoms with van der Waals surface area (Å²) in [4.78, 5) is 0. The van der Waals surface area contributed by atoms with Gasteiger partial charge in [0.2, 0.25) is 0 Å². The molecule has 2 aromatic rings.